The molecule has 0 aliphatic carbocycles. The Bertz CT molecular complexity index is 209. The van der Waals surface area contributed by atoms with Crippen molar-refractivity contribution in [1.82, 2.24) is 10.2 Å². The molecule has 1 rings (SSSR count). The number of ether oxygens (including phenoxy) is 1. The molecule has 1 saturated heterocycles. The first-order valence-electron chi connectivity index (χ1n) is 7.68. The summed E-state index contributed by atoms with van der Waals surface area (Å²) in [6, 6.07) is 1.33. The first kappa shape index (κ1) is 15.9. The van der Waals surface area contributed by atoms with Crippen molar-refractivity contribution in [3.8, 4) is 0 Å². The quantitative estimate of drug-likeness (QED) is 0.675. The fraction of sp³-hybridized carbons (Fsp3) is 1.00. The van der Waals surface area contributed by atoms with Crippen molar-refractivity contribution in [1.29, 1.82) is 0 Å². The molecule has 2 atom stereocenters. The average molecular weight is 256 g/mol. The van der Waals surface area contributed by atoms with Crippen LogP contribution in [0.2, 0.25) is 0 Å². The second-order valence-electron chi connectivity index (χ2n) is 6.04. The number of hydrogen-bond acceptors (Lipinski definition) is 3. The number of nitrogens with one attached hydrogen (secondary N) is 1. The monoisotopic (exact) mass is 256 g/mol. The maximum atomic E-state index is 5.75. The lowest BCUT2D eigenvalue weighted by atomic mass is 10.1. The highest BCUT2D eigenvalue weighted by Gasteiger charge is 2.24. The molecule has 18 heavy (non-hydrogen) atoms. The summed E-state index contributed by atoms with van der Waals surface area (Å²) in [6.45, 7) is 14.2. The Hall–Kier alpha value is -0.120. The highest BCUT2D eigenvalue weighted by molar-refractivity contribution is 4.83. The van der Waals surface area contributed by atoms with Crippen LogP contribution in [0.4, 0.5) is 0 Å². The van der Waals surface area contributed by atoms with E-state index in [2.05, 4.69) is 37.9 Å². The number of piperazine rings is 1. The molecule has 1 heterocycles. The Morgan fingerprint density at radius 1 is 1.33 bits per heavy atom. The zero-order valence-corrected chi connectivity index (χ0v) is 12.7. The van der Waals surface area contributed by atoms with E-state index in [1.54, 1.807) is 0 Å². The van der Waals surface area contributed by atoms with Crippen LogP contribution in [-0.4, -0.2) is 49.8 Å². The van der Waals surface area contributed by atoms with E-state index in [1.165, 1.54) is 19.3 Å². The molecule has 0 aromatic rings. The number of nitrogens with zero attached hydrogens (tertiary/aromatic N) is 1. The van der Waals surface area contributed by atoms with E-state index in [0.29, 0.717) is 12.1 Å². The third-order valence-corrected chi connectivity index (χ3v) is 3.71. The van der Waals surface area contributed by atoms with Crippen molar-refractivity contribution in [3.05, 3.63) is 0 Å². The minimum atomic E-state index is 0.619. The predicted octanol–water partition coefficient (Wildman–Crippen LogP) is 2.51. The van der Waals surface area contributed by atoms with Gasteiger partial charge in [0.05, 0.1) is 6.61 Å². The molecule has 1 fully saturated rings. The van der Waals surface area contributed by atoms with Crippen molar-refractivity contribution in [2.24, 2.45) is 5.92 Å². The highest BCUT2D eigenvalue weighted by Crippen LogP contribution is 2.12. The van der Waals surface area contributed by atoms with Gasteiger partial charge in [-0.3, -0.25) is 4.90 Å². The third-order valence-electron chi connectivity index (χ3n) is 3.71. The summed E-state index contributed by atoms with van der Waals surface area (Å²) in [5, 5.41) is 3.58. The van der Waals surface area contributed by atoms with Gasteiger partial charge in [0.15, 0.2) is 0 Å². The molecule has 108 valence electrons. The minimum absolute atomic E-state index is 0.619. The number of hydrogen-bond donors (Lipinski definition) is 1. The molecule has 0 spiro atoms. The molecule has 3 heteroatoms. The van der Waals surface area contributed by atoms with Crippen LogP contribution in [-0.2, 0) is 4.74 Å². The Morgan fingerprint density at radius 2 is 2.11 bits per heavy atom. The van der Waals surface area contributed by atoms with Gasteiger partial charge in [0.2, 0.25) is 0 Å². The molecule has 0 aromatic carbocycles. The molecule has 1 N–H and O–H groups in total. The fourth-order valence-corrected chi connectivity index (χ4v) is 2.53. The largest absolute Gasteiger partial charge is 0.380 e. The molecule has 0 aromatic heterocycles. The minimum Gasteiger partial charge on any atom is -0.380 e. The SMILES string of the molecule is CCCC1CNC(C)CN1CCOCCC(C)C. The van der Waals surface area contributed by atoms with Gasteiger partial charge in [-0.2, -0.15) is 0 Å². The van der Waals surface area contributed by atoms with E-state index in [9.17, 15) is 0 Å². The van der Waals surface area contributed by atoms with Gasteiger partial charge >= 0.3 is 0 Å². The zero-order valence-electron chi connectivity index (χ0n) is 12.7. The molecule has 1 aliphatic heterocycles. The van der Waals surface area contributed by atoms with Gasteiger partial charge in [0.1, 0.15) is 0 Å². The van der Waals surface area contributed by atoms with Crippen LogP contribution in [0.15, 0.2) is 0 Å². The van der Waals surface area contributed by atoms with E-state index in [-0.39, 0.29) is 0 Å². The zero-order chi connectivity index (χ0) is 13.4. The summed E-state index contributed by atoms with van der Waals surface area (Å²) >= 11 is 0. The second-order valence-corrected chi connectivity index (χ2v) is 6.04. The van der Waals surface area contributed by atoms with Crippen molar-refractivity contribution in [2.75, 3.05) is 32.8 Å². The molecule has 0 saturated carbocycles. The Morgan fingerprint density at radius 3 is 2.78 bits per heavy atom. The van der Waals surface area contributed by atoms with Crippen LogP contribution < -0.4 is 5.32 Å². The van der Waals surface area contributed by atoms with Gasteiger partial charge < -0.3 is 10.1 Å². The summed E-state index contributed by atoms with van der Waals surface area (Å²) < 4.78 is 5.75. The lowest BCUT2D eigenvalue weighted by Gasteiger charge is -2.39. The van der Waals surface area contributed by atoms with Gasteiger partial charge in [-0.15, -0.1) is 0 Å². The predicted molar refractivity (Wildman–Crippen MR) is 78.0 cm³/mol. The Labute approximate surface area is 113 Å². The summed E-state index contributed by atoms with van der Waals surface area (Å²) in [5.74, 6) is 0.747. The Kier molecular flexibility index (Phi) is 7.87. The molecule has 2 unspecified atom stereocenters. The molecular weight excluding hydrogens is 224 g/mol. The third kappa shape index (κ3) is 6.17. The summed E-state index contributed by atoms with van der Waals surface area (Å²) in [7, 11) is 0. The maximum absolute atomic E-state index is 5.75. The van der Waals surface area contributed by atoms with Crippen LogP contribution >= 0.6 is 0 Å². The molecule has 0 bridgehead atoms. The van der Waals surface area contributed by atoms with Crippen molar-refractivity contribution in [3.63, 3.8) is 0 Å². The van der Waals surface area contributed by atoms with E-state index < -0.39 is 0 Å². The van der Waals surface area contributed by atoms with Crippen LogP contribution in [0.1, 0.15) is 47.0 Å². The Balaban J connectivity index is 2.19. The number of rotatable bonds is 8. The standard InChI is InChI=1S/C15H32N2O/c1-5-6-15-11-16-14(4)12-17(15)8-10-18-9-7-13(2)3/h13-16H,5-12H2,1-4H3. The van der Waals surface area contributed by atoms with Gasteiger partial charge in [0.25, 0.3) is 0 Å². The van der Waals surface area contributed by atoms with Crippen molar-refractivity contribution < 1.29 is 4.74 Å². The van der Waals surface area contributed by atoms with E-state index in [0.717, 1.165) is 38.8 Å². The molecule has 0 radical (unpaired) electrons. The van der Waals surface area contributed by atoms with Crippen LogP contribution in [0.5, 0.6) is 0 Å². The topological polar surface area (TPSA) is 24.5 Å². The van der Waals surface area contributed by atoms with Crippen LogP contribution in [0, 0.1) is 5.92 Å². The van der Waals surface area contributed by atoms with E-state index in [1.807, 2.05) is 0 Å². The molecule has 3 nitrogen and oxygen atoms in total. The van der Waals surface area contributed by atoms with Gasteiger partial charge in [-0.05, 0) is 25.7 Å². The average Bonchev–Trinajstić information content (AvgIpc) is 2.32. The van der Waals surface area contributed by atoms with Gasteiger partial charge in [-0.25, -0.2) is 0 Å². The van der Waals surface area contributed by atoms with Gasteiger partial charge in [-0.1, -0.05) is 27.2 Å². The second kappa shape index (κ2) is 8.89. The van der Waals surface area contributed by atoms with Crippen molar-refractivity contribution >= 4 is 0 Å². The molecular formula is C15H32N2O. The first-order valence-corrected chi connectivity index (χ1v) is 7.68. The summed E-state index contributed by atoms with van der Waals surface area (Å²) in [4.78, 5) is 2.61. The molecule has 1 aliphatic rings. The smallest absolute Gasteiger partial charge is 0.0593 e. The van der Waals surface area contributed by atoms with Crippen molar-refractivity contribution in [2.45, 2.75) is 59.0 Å². The van der Waals surface area contributed by atoms with Gasteiger partial charge in [0, 0.05) is 38.3 Å². The van der Waals surface area contributed by atoms with Crippen LogP contribution in [0.25, 0.3) is 0 Å². The summed E-state index contributed by atoms with van der Waals surface area (Å²) in [6.07, 6.45) is 3.74. The first-order chi connectivity index (χ1) is 8.63. The van der Waals surface area contributed by atoms with Crippen LogP contribution in [0.3, 0.4) is 0 Å². The highest BCUT2D eigenvalue weighted by atomic mass is 16.5. The fourth-order valence-electron chi connectivity index (χ4n) is 2.53. The lowest BCUT2D eigenvalue weighted by Crippen LogP contribution is -2.56. The molecule has 0 amide bonds. The summed E-state index contributed by atoms with van der Waals surface area (Å²) in [5.41, 5.74) is 0. The lowest BCUT2D eigenvalue weighted by molar-refractivity contribution is 0.0607. The normalized spacial score (nSPS) is 25.8. The maximum Gasteiger partial charge on any atom is 0.0593 e. The van der Waals surface area contributed by atoms with E-state index >= 15 is 0 Å². The van der Waals surface area contributed by atoms with E-state index in [4.69, 9.17) is 4.74 Å².